The lowest BCUT2D eigenvalue weighted by atomic mass is 9.96. The number of hydrogen-bond donors (Lipinski definition) is 0. The van der Waals surface area contributed by atoms with Crippen molar-refractivity contribution in [3.63, 3.8) is 0 Å². The summed E-state index contributed by atoms with van der Waals surface area (Å²) in [4.78, 5) is 31.6. The highest BCUT2D eigenvalue weighted by molar-refractivity contribution is 14.1. The minimum absolute atomic E-state index is 0.164. The molecule has 0 spiro atoms. The first kappa shape index (κ1) is 24.0. The third kappa shape index (κ3) is 5.00. The highest BCUT2D eigenvalue weighted by Crippen LogP contribution is 2.32. The lowest BCUT2D eigenvalue weighted by molar-refractivity contribution is -0.123. The smallest absolute Gasteiger partial charge is 0.251 e. The van der Waals surface area contributed by atoms with Crippen molar-refractivity contribution < 1.29 is 18.4 Å². The van der Waals surface area contributed by atoms with Gasteiger partial charge < -0.3 is 0 Å². The second kappa shape index (κ2) is 10.1. The van der Waals surface area contributed by atoms with E-state index in [1.165, 1.54) is 29.2 Å². The number of amides is 2. The molecule has 0 N–H and O–H groups in total. The maximum Gasteiger partial charge on any atom is 0.251 e. The molecule has 2 amide bonds. The van der Waals surface area contributed by atoms with Crippen molar-refractivity contribution in [2.24, 2.45) is 0 Å². The van der Waals surface area contributed by atoms with Gasteiger partial charge in [-0.05, 0) is 82.2 Å². The molecule has 5 nitrogen and oxygen atoms in total. The molecular formula is C27H24F2IN3O2. The Kier molecular flexibility index (Phi) is 6.95. The van der Waals surface area contributed by atoms with Crippen LogP contribution in [0.4, 0.5) is 14.5 Å². The number of halogens is 3. The van der Waals surface area contributed by atoms with Gasteiger partial charge in [0.25, 0.3) is 5.91 Å². The third-order valence-electron chi connectivity index (χ3n) is 6.73. The monoisotopic (exact) mass is 587 g/mol. The van der Waals surface area contributed by atoms with Gasteiger partial charge in [0, 0.05) is 29.7 Å². The minimum Gasteiger partial charge on any atom is -0.290 e. The van der Waals surface area contributed by atoms with E-state index in [0.717, 1.165) is 14.7 Å². The molecule has 2 fully saturated rings. The molecule has 8 heteroatoms. The first-order chi connectivity index (χ1) is 16.9. The summed E-state index contributed by atoms with van der Waals surface area (Å²) < 4.78 is 28.2. The molecule has 2 heterocycles. The number of rotatable bonds is 5. The summed E-state index contributed by atoms with van der Waals surface area (Å²) in [7, 11) is 0. The maximum atomic E-state index is 13.6. The molecule has 2 saturated heterocycles. The van der Waals surface area contributed by atoms with E-state index in [-0.39, 0.29) is 35.9 Å². The molecule has 3 aromatic rings. The van der Waals surface area contributed by atoms with E-state index in [1.54, 1.807) is 36.4 Å². The quantitative estimate of drug-likeness (QED) is 0.323. The van der Waals surface area contributed by atoms with Gasteiger partial charge in [-0.2, -0.15) is 0 Å². The van der Waals surface area contributed by atoms with Crippen LogP contribution in [0.2, 0.25) is 0 Å². The van der Waals surface area contributed by atoms with Gasteiger partial charge in [-0.1, -0.05) is 24.3 Å². The van der Waals surface area contributed by atoms with Crippen molar-refractivity contribution in [1.82, 2.24) is 9.80 Å². The number of carbonyl (C=O) groups is 2. The molecule has 0 aromatic heterocycles. The second-order valence-electron chi connectivity index (χ2n) is 8.84. The van der Waals surface area contributed by atoms with E-state index in [9.17, 15) is 18.4 Å². The highest BCUT2D eigenvalue weighted by atomic mass is 127. The molecule has 1 atom stereocenters. The molecule has 2 aliphatic rings. The van der Waals surface area contributed by atoms with Gasteiger partial charge in [0.1, 0.15) is 11.6 Å². The average molecular weight is 587 g/mol. The van der Waals surface area contributed by atoms with Gasteiger partial charge in [0.05, 0.1) is 24.2 Å². The Hall–Kier alpha value is -2.69. The Bertz CT molecular complexity index is 1170. The van der Waals surface area contributed by atoms with Crippen LogP contribution in [0.5, 0.6) is 0 Å². The Morgan fingerprint density at radius 3 is 1.77 bits per heavy atom. The predicted molar refractivity (Wildman–Crippen MR) is 138 cm³/mol. The van der Waals surface area contributed by atoms with E-state index in [1.807, 2.05) is 12.1 Å². The van der Waals surface area contributed by atoms with Crippen molar-refractivity contribution in [1.29, 1.82) is 0 Å². The number of anilines is 1. The zero-order valence-corrected chi connectivity index (χ0v) is 21.1. The standard InChI is InChI=1S/C27H24F2IN3O2/c28-20-5-1-18(2-6-20)26(19-3-7-21(29)8-4-19)32-15-13-31(14-16-32)24-17-25(34)33(27(24)35)23-11-9-22(30)10-12-23/h1-12,24,26H,13-17H2/t24-/m0/s1. The number of carbonyl (C=O) groups excluding carboxylic acids is 2. The number of benzene rings is 3. The van der Waals surface area contributed by atoms with Crippen LogP contribution in [0.25, 0.3) is 0 Å². The van der Waals surface area contributed by atoms with Crippen LogP contribution in [-0.2, 0) is 9.59 Å². The lowest BCUT2D eigenvalue weighted by Gasteiger charge is -2.41. The fraction of sp³-hybridized carbons (Fsp3) is 0.259. The fourth-order valence-electron chi connectivity index (χ4n) is 4.97. The largest absolute Gasteiger partial charge is 0.290 e. The SMILES string of the molecule is O=C1C[C@H](N2CCN(C(c3ccc(F)cc3)c3ccc(F)cc3)CC2)C(=O)N1c1ccc(I)cc1. The zero-order chi connectivity index (χ0) is 24.5. The molecular weight excluding hydrogens is 563 g/mol. The number of hydrogen-bond acceptors (Lipinski definition) is 4. The summed E-state index contributed by atoms with van der Waals surface area (Å²) >= 11 is 2.19. The van der Waals surface area contributed by atoms with Crippen LogP contribution < -0.4 is 4.90 Å². The molecule has 5 rings (SSSR count). The Labute approximate surface area is 216 Å². The van der Waals surface area contributed by atoms with E-state index in [4.69, 9.17) is 0 Å². The summed E-state index contributed by atoms with van der Waals surface area (Å²) in [6.45, 7) is 2.54. The van der Waals surface area contributed by atoms with Gasteiger partial charge in [-0.25, -0.2) is 13.7 Å². The van der Waals surface area contributed by atoms with Gasteiger partial charge in [-0.3, -0.25) is 19.4 Å². The molecule has 0 unspecified atom stereocenters. The van der Waals surface area contributed by atoms with Gasteiger partial charge in [0.15, 0.2) is 0 Å². The van der Waals surface area contributed by atoms with E-state index in [2.05, 4.69) is 32.4 Å². The first-order valence-corrected chi connectivity index (χ1v) is 12.6. The molecule has 0 bridgehead atoms. The summed E-state index contributed by atoms with van der Waals surface area (Å²) in [6, 6.07) is 19.5. The molecule has 0 radical (unpaired) electrons. The van der Waals surface area contributed by atoms with Crippen LogP contribution >= 0.6 is 22.6 Å². The lowest BCUT2D eigenvalue weighted by Crippen LogP contribution is -2.53. The third-order valence-corrected chi connectivity index (χ3v) is 7.45. The molecule has 2 aliphatic heterocycles. The highest BCUT2D eigenvalue weighted by Gasteiger charge is 2.43. The van der Waals surface area contributed by atoms with Crippen molar-refractivity contribution in [2.75, 3.05) is 31.1 Å². The zero-order valence-electron chi connectivity index (χ0n) is 18.9. The molecule has 35 heavy (non-hydrogen) atoms. The summed E-state index contributed by atoms with van der Waals surface area (Å²) in [5.74, 6) is -0.977. The van der Waals surface area contributed by atoms with Crippen molar-refractivity contribution in [2.45, 2.75) is 18.5 Å². The van der Waals surface area contributed by atoms with Gasteiger partial charge in [0.2, 0.25) is 5.91 Å². The molecule has 0 saturated carbocycles. The topological polar surface area (TPSA) is 43.9 Å². The minimum atomic E-state index is -0.473. The van der Waals surface area contributed by atoms with Crippen LogP contribution in [0.1, 0.15) is 23.6 Å². The second-order valence-corrected chi connectivity index (χ2v) is 10.1. The van der Waals surface area contributed by atoms with Crippen molar-refractivity contribution in [3.8, 4) is 0 Å². The Morgan fingerprint density at radius 1 is 0.743 bits per heavy atom. The number of piperazine rings is 1. The number of nitrogens with zero attached hydrogens (tertiary/aromatic N) is 3. The van der Waals surface area contributed by atoms with E-state index >= 15 is 0 Å². The summed E-state index contributed by atoms with van der Waals surface area (Å²) in [5.41, 5.74) is 2.45. The van der Waals surface area contributed by atoms with Crippen LogP contribution in [-0.4, -0.2) is 53.8 Å². The van der Waals surface area contributed by atoms with Crippen molar-refractivity contribution in [3.05, 3.63) is 99.1 Å². The number of imide groups is 1. The summed E-state index contributed by atoms with van der Waals surface area (Å²) in [5, 5.41) is 0. The summed E-state index contributed by atoms with van der Waals surface area (Å²) in [6.07, 6.45) is 0.171. The van der Waals surface area contributed by atoms with Crippen LogP contribution in [0.15, 0.2) is 72.8 Å². The molecule has 3 aromatic carbocycles. The average Bonchev–Trinajstić information content (AvgIpc) is 3.16. The van der Waals surface area contributed by atoms with E-state index < -0.39 is 6.04 Å². The van der Waals surface area contributed by atoms with E-state index in [0.29, 0.717) is 31.9 Å². The van der Waals surface area contributed by atoms with Crippen LogP contribution in [0.3, 0.4) is 0 Å². The fourth-order valence-corrected chi connectivity index (χ4v) is 5.33. The first-order valence-electron chi connectivity index (χ1n) is 11.5. The van der Waals surface area contributed by atoms with Gasteiger partial charge >= 0.3 is 0 Å². The maximum absolute atomic E-state index is 13.6. The Balaban J connectivity index is 1.32. The predicted octanol–water partition coefficient (Wildman–Crippen LogP) is 4.61. The van der Waals surface area contributed by atoms with Crippen molar-refractivity contribution >= 4 is 40.1 Å². The normalized spacial score (nSPS) is 19.7. The molecule has 0 aliphatic carbocycles. The molecule has 180 valence electrons. The van der Waals surface area contributed by atoms with Crippen LogP contribution in [0, 0.1) is 15.2 Å². The van der Waals surface area contributed by atoms with Gasteiger partial charge in [-0.15, -0.1) is 0 Å². The Morgan fingerprint density at radius 2 is 1.26 bits per heavy atom.